The molecule has 0 bridgehead atoms. The Labute approximate surface area is 291 Å². The largest absolute Gasteiger partial charge is 0.305 e. The fourth-order valence-electron chi connectivity index (χ4n) is 5.21. The first kappa shape index (κ1) is 32.1. The minimum absolute atomic E-state index is 0. The Bertz CT molecular complexity index is 2140. The van der Waals surface area contributed by atoms with E-state index in [2.05, 4.69) is 72.1 Å². The van der Waals surface area contributed by atoms with Gasteiger partial charge in [-0.3, -0.25) is 0 Å². The summed E-state index contributed by atoms with van der Waals surface area (Å²) in [5.41, 5.74) is 6.63. The van der Waals surface area contributed by atoms with Gasteiger partial charge in [0.15, 0.2) is 0 Å². The van der Waals surface area contributed by atoms with E-state index in [0.717, 1.165) is 54.0 Å². The zero-order valence-corrected chi connectivity index (χ0v) is 30.7. The summed E-state index contributed by atoms with van der Waals surface area (Å²) in [6, 6.07) is 39.6. The molecule has 1 radical (unpaired) electrons. The van der Waals surface area contributed by atoms with Gasteiger partial charge in [0, 0.05) is 38.6 Å². The van der Waals surface area contributed by atoms with Crippen molar-refractivity contribution in [2.24, 2.45) is 0 Å². The summed E-state index contributed by atoms with van der Waals surface area (Å²) in [5.74, 6) is -0.921. The van der Waals surface area contributed by atoms with Gasteiger partial charge in [0.25, 0.3) is 0 Å². The quantitative estimate of drug-likeness (QED) is 0.128. The maximum absolute atomic E-state index is 13.7. The maximum atomic E-state index is 13.7. The molecule has 0 aliphatic heterocycles. The summed E-state index contributed by atoms with van der Waals surface area (Å²) >= 11 is 1.70. The molecule has 7 rings (SSSR count). The average molecular weight is 816 g/mol. The van der Waals surface area contributed by atoms with Crippen LogP contribution in [0, 0.1) is 17.9 Å². The molecule has 0 unspecified atom stereocenters. The molecular weight excluding hydrogens is 780 g/mol. The predicted molar refractivity (Wildman–Crippen MR) is 192 cm³/mol. The molecule has 7 aromatic rings. The summed E-state index contributed by atoms with van der Waals surface area (Å²) in [6.07, 6.45) is 3.78. The van der Waals surface area contributed by atoms with Gasteiger partial charge in [0.2, 0.25) is 0 Å². The van der Waals surface area contributed by atoms with Gasteiger partial charge in [0.05, 0.1) is 8.07 Å². The number of hydrogen-bond acceptors (Lipinski definition) is 3. The van der Waals surface area contributed by atoms with Crippen molar-refractivity contribution in [1.82, 2.24) is 9.97 Å². The van der Waals surface area contributed by atoms with Crippen LogP contribution in [-0.4, -0.2) is 18.0 Å². The van der Waals surface area contributed by atoms with E-state index in [1.807, 2.05) is 74.6 Å². The summed E-state index contributed by atoms with van der Waals surface area (Å²) < 4.78 is 24.3. The summed E-state index contributed by atoms with van der Waals surface area (Å²) in [4.78, 5) is 9.09. The van der Waals surface area contributed by atoms with Crippen molar-refractivity contribution >= 4 is 44.8 Å². The molecular formula is C40H35FIrN2SSi-2. The molecule has 0 saturated carbocycles. The Morgan fingerprint density at radius 3 is 2.30 bits per heavy atom. The number of halogens is 1. The van der Waals surface area contributed by atoms with Crippen molar-refractivity contribution in [3.63, 3.8) is 0 Å². The van der Waals surface area contributed by atoms with E-state index in [9.17, 15) is 4.39 Å². The number of nitrogens with zero attached hydrogens (tertiary/aromatic N) is 2. The van der Waals surface area contributed by atoms with Crippen molar-refractivity contribution in [1.29, 1.82) is 0 Å². The molecule has 0 amide bonds. The molecule has 233 valence electrons. The number of hydrogen-bond donors (Lipinski definition) is 0. The van der Waals surface area contributed by atoms with Gasteiger partial charge in [-0.1, -0.05) is 86.9 Å². The SMILES string of the molecule is C[Si](C)(C)c1ccc(-c2[c-]cccc2)nc1.[2H]C(C)(C)c1ccnc(-c2[c-]ccc3c2sc2cc(-c4cccc(F)c4)ccc23)c1.[Ir]. The molecule has 4 aromatic carbocycles. The van der Waals surface area contributed by atoms with E-state index in [4.69, 9.17) is 1.37 Å². The fourth-order valence-corrected chi connectivity index (χ4v) is 7.49. The topological polar surface area (TPSA) is 25.8 Å². The molecule has 2 nitrogen and oxygen atoms in total. The van der Waals surface area contributed by atoms with Crippen LogP contribution >= 0.6 is 11.3 Å². The van der Waals surface area contributed by atoms with Crippen molar-refractivity contribution in [2.75, 3.05) is 0 Å². The van der Waals surface area contributed by atoms with Crippen LogP contribution in [0.25, 0.3) is 53.8 Å². The van der Waals surface area contributed by atoms with Crippen molar-refractivity contribution in [3.05, 3.63) is 139 Å². The normalized spacial score (nSPS) is 11.8. The number of aromatic nitrogens is 2. The van der Waals surface area contributed by atoms with Gasteiger partial charge in [-0.05, 0) is 67.9 Å². The molecule has 0 fully saturated rings. The van der Waals surface area contributed by atoms with E-state index in [-0.39, 0.29) is 25.9 Å². The van der Waals surface area contributed by atoms with E-state index in [0.29, 0.717) is 0 Å². The first-order valence-electron chi connectivity index (χ1n) is 15.5. The molecule has 0 N–H and O–H groups in total. The fraction of sp³-hybridized carbons (Fsp3) is 0.150. The van der Waals surface area contributed by atoms with E-state index < -0.39 is 14.0 Å². The standard InChI is InChI=1S/C26H19FNS.C14H16NSi.Ir/c1-16(2)17-11-12-28-24(14-17)23-8-4-7-22-21-10-9-19(15-25(21)29-26(22)23)18-5-3-6-20(27)13-18;1-16(2,3)13-9-10-14(15-11-13)12-7-5-4-6-8-12;/h3-7,9-16H,1-2H3;4-7,9-11H,1-3H3;/q2*-1;/i16D;;. The van der Waals surface area contributed by atoms with Crippen molar-refractivity contribution in [2.45, 2.75) is 39.4 Å². The van der Waals surface area contributed by atoms with Crippen LogP contribution in [0.1, 0.15) is 26.7 Å². The molecule has 0 saturated heterocycles. The third-order valence-corrected chi connectivity index (χ3v) is 11.0. The monoisotopic (exact) mass is 816 g/mol. The molecule has 3 heterocycles. The molecule has 46 heavy (non-hydrogen) atoms. The third kappa shape index (κ3) is 7.43. The van der Waals surface area contributed by atoms with Crippen molar-refractivity contribution < 1.29 is 25.9 Å². The zero-order valence-electron chi connectivity index (χ0n) is 27.5. The van der Waals surface area contributed by atoms with Crippen molar-refractivity contribution in [3.8, 4) is 33.6 Å². The Hall–Kier alpha value is -3.80. The van der Waals surface area contributed by atoms with E-state index in [1.165, 1.54) is 16.6 Å². The van der Waals surface area contributed by atoms with Gasteiger partial charge in [-0.25, -0.2) is 4.39 Å². The van der Waals surface area contributed by atoms with E-state index >= 15 is 0 Å². The first-order valence-corrected chi connectivity index (χ1v) is 19.3. The van der Waals surface area contributed by atoms with Crippen LogP contribution in [0.5, 0.6) is 0 Å². The Kier molecular flexibility index (Phi) is 10.0. The molecule has 6 heteroatoms. The van der Waals surface area contributed by atoms with Crippen LogP contribution in [0.2, 0.25) is 19.6 Å². The second kappa shape index (κ2) is 14.3. The molecule has 0 spiro atoms. The average Bonchev–Trinajstić information content (AvgIpc) is 3.43. The summed E-state index contributed by atoms with van der Waals surface area (Å²) in [5, 5.41) is 3.72. The Morgan fingerprint density at radius 2 is 1.61 bits per heavy atom. The minimum Gasteiger partial charge on any atom is -0.305 e. The van der Waals surface area contributed by atoms with Gasteiger partial charge in [0.1, 0.15) is 5.82 Å². The minimum atomic E-state index is -1.23. The van der Waals surface area contributed by atoms with E-state index in [1.54, 1.807) is 29.7 Å². The predicted octanol–water partition coefficient (Wildman–Crippen LogP) is 10.9. The van der Waals surface area contributed by atoms with Gasteiger partial charge in [-0.15, -0.1) is 59.7 Å². The number of thiophene rings is 1. The molecule has 0 aliphatic carbocycles. The molecule has 0 atom stereocenters. The van der Waals surface area contributed by atoms with Crippen LogP contribution in [-0.2, 0) is 20.1 Å². The Balaban J connectivity index is 0.000000217. The van der Waals surface area contributed by atoms with Crippen LogP contribution < -0.4 is 5.19 Å². The third-order valence-electron chi connectivity index (χ3n) is 7.80. The molecule has 3 aromatic heterocycles. The second-order valence-corrected chi connectivity index (χ2v) is 18.4. The van der Waals surface area contributed by atoms with Gasteiger partial charge >= 0.3 is 0 Å². The summed E-state index contributed by atoms with van der Waals surface area (Å²) in [7, 11) is -1.23. The first-order chi connectivity index (χ1) is 22.0. The number of benzene rings is 4. The second-order valence-electron chi connectivity index (χ2n) is 12.3. The summed E-state index contributed by atoms with van der Waals surface area (Å²) in [6.45, 7) is 10.8. The smallest absolute Gasteiger partial charge is 0.123 e. The van der Waals surface area contributed by atoms with Crippen LogP contribution in [0.15, 0.2) is 116 Å². The van der Waals surface area contributed by atoms with Crippen LogP contribution in [0.4, 0.5) is 4.39 Å². The number of pyridine rings is 2. The van der Waals surface area contributed by atoms with Crippen LogP contribution in [0.3, 0.4) is 0 Å². The number of fused-ring (bicyclic) bond motifs is 3. The maximum Gasteiger partial charge on any atom is 0.123 e. The van der Waals surface area contributed by atoms with Gasteiger partial charge < -0.3 is 9.97 Å². The Morgan fingerprint density at radius 1 is 0.783 bits per heavy atom. The van der Waals surface area contributed by atoms with Gasteiger partial charge in [-0.2, -0.15) is 11.3 Å². The number of rotatable bonds is 5. The zero-order chi connectivity index (χ0) is 32.5. The molecule has 0 aliphatic rings.